The van der Waals surface area contributed by atoms with Crippen molar-refractivity contribution in [1.29, 1.82) is 0 Å². The molecule has 2 N–H and O–H groups in total. The van der Waals surface area contributed by atoms with Crippen LogP contribution in [0.1, 0.15) is 10.4 Å². The molecule has 3 rings (SSSR count). The van der Waals surface area contributed by atoms with Gasteiger partial charge in [0.15, 0.2) is 6.10 Å². The molecule has 14 heteroatoms. The number of nitrogens with zero attached hydrogens (tertiary/aromatic N) is 2. The average Bonchev–Trinajstić information content (AvgIpc) is 2.78. The van der Waals surface area contributed by atoms with E-state index in [1.54, 1.807) is 0 Å². The van der Waals surface area contributed by atoms with Crippen LogP contribution in [0.25, 0.3) is 16.9 Å². The molecule has 0 aliphatic rings. The van der Waals surface area contributed by atoms with Crippen LogP contribution in [0.4, 0.5) is 30.7 Å². The van der Waals surface area contributed by atoms with Crippen molar-refractivity contribution in [2.45, 2.75) is 25.2 Å². The maximum atomic E-state index is 13.9. The van der Waals surface area contributed by atoms with Crippen LogP contribution in [-0.2, 0) is 0 Å². The van der Waals surface area contributed by atoms with E-state index in [0.717, 1.165) is 42.5 Å². The summed E-state index contributed by atoms with van der Waals surface area (Å²) in [6, 6.07) is 9.23. The predicted molar refractivity (Wildman–Crippen MR) is 106 cm³/mol. The van der Waals surface area contributed by atoms with E-state index >= 15 is 0 Å². The quantitative estimate of drug-likeness (QED) is 0.378. The third-order valence-electron chi connectivity index (χ3n) is 4.42. The molecule has 0 saturated carbocycles. The molecular weight excluding hydrogens is 491 g/mol. The lowest BCUT2D eigenvalue weighted by Gasteiger charge is -2.17. The second-order valence-electron chi connectivity index (χ2n) is 6.91. The summed E-state index contributed by atoms with van der Waals surface area (Å²) < 4.78 is 94.1. The largest absolute Gasteiger partial charge is 0.573 e. The Morgan fingerprint density at radius 1 is 1.06 bits per heavy atom. The second-order valence-corrected chi connectivity index (χ2v) is 6.91. The number of aliphatic hydroxyl groups is 1. The number of amides is 1. The maximum Gasteiger partial charge on any atom is 0.573 e. The molecule has 2 aromatic carbocycles. The molecule has 0 aliphatic carbocycles. The Morgan fingerprint density at radius 3 is 2.29 bits per heavy atom. The van der Waals surface area contributed by atoms with Gasteiger partial charge < -0.3 is 15.2 Å². The highest BCUT2D eigenvalue weighted by Gasteiger charge is 2.31. The summed E-state index contributed by atoms with van der Waals surface area (Å²) in [7, 11) is 0. The zero-order valence-electron chi connectivity index (χ0n) is 17.1. The Hall–Kier alpha value is -3.94. The molecule has 0 fully saturated rings. The van der Waals surface area contributed by atoms with Crippen molar-refractivity contribution in [2.24, 2.45) is 0 Å². The van der Waals surface area contributed by atoms with E-state index in [1.807, 2.05) is 0 Å². The van der Waals surface area contributed by atoms with Gasteiger partial charge in [0.05, 0.1) is 11.4 Å². The average molecular weight is 505 g/mol. The summed E-state index contributed by atoms with van der Waals surface area (Å²) >= 11 is 0. The van der Waals surface area contributed by atoms with Gasteiger partial charge in [-0.3, -0.25) is 9.59 Å². The van der Waals surface area contributed by atoms with Gasteiger partial charge in [0.1, 0.15) is 17.1 Å². The van der Waals surface area contributed by atoms with Gasteiger partial charge in [-0.15, -0.1) is 13.2 Å². The molecule has 0 bridgehead atoms. The number of aromatic nitrogens is 2. The Balaban J connectivity index is 2.08. The third kappa shape index (κ3) is 6.35. The van der Waals surface area contributed by atoms with Gasteiger partial charge in [0.2, 0.25) is 6.30 Å². The van der Waals surface area contributed by atoms with E-state index in [-0.39, 0.29) is 16.9 Å². The summed E-state index contributed by atoms with van der Waals surface area (Å²) in [5.41, 5.74) is -2.36. The Labute approximate surface area is 191 Å². The smallest absolute Gasteiger partial charge is 0.406 e. The number of carbonyl (C=O) groups excluding carboxylic acids is 1. The fourth-order valence-corrected chi connectivity index (χ4v) is 2.82. The summed E-state index contributed by atoms with van der Waals surface area (Å²) in [4.78, 5) is 25.3. The Morgan fingerprint density at radius 2 is 1.71 bits per heavy atom. The van der Waals surface area contributed by atoms with E-state index < -0.39 is 53.8 Å². The fraction of sp³-hybridized carbons (Fsp3) is 0.190. The molecular formula is C21H14F7N3O4. The number of alkyl halides is 6. The van der Waals surface area contributed by atoms with E-state index in [0.29, 0.717) is 4.68 Å². The molecule has 1 amide bonds. The third-order valence-corrected chi connectivity index (χ3v) is 4.42. The van der Waals surface area contributed by atoms with Gasteiger partial charge in [-0.1, -0.05) is 6.07 Å². The van der Waals surface area contributed by atoms with Crippen LogP contribution in [0.3, 0.4) is 0 Å². The molecule has 186 valence electrons. The number of rotatable bonds is 7. The minimum atomic E-state index is -4.96. The SMILES string of the molecule is O=C(NC(F)[C@@H](O)C(F)F)c1cc(-c2ccc(OC(F)(F)F)cc2)nn(-c2cccc(F)c2)c1=O. The predicted octanol–water partition coefficient (Wildman–Crippen LogP) is 3.59. The molecule has 1 heterocycles. The van der Waals surface area contributed by atoms with Crippen LogP contribution in [0.15, 0.2) is 59.4 Å². The Kier molecular flexibility index (Phi) is 7.43. The number of nitrogens with one attached hydrogen (secondary N) is 1. The molecule has 0 saturated heterocycles. The highest BCUT2D eigenvalue weighted by Crippen LogP contribution is 2.26. The summed E-state index contributed by atoms with van der Waals surface area (Å²) in [6.07, 6.45) is -14.3. The van der Waals surface area contributed by atoms with Crippen LogP contribution >= 0.6 is 0 Å². The molecule has 7 nitrogen and oxygen atoms in total. The molecule has 1 aromatic heterocycles. The molecule has 1 unspecified atom stereocenters. The van der Waals surface area contributed by atoms with E-state index in [1.165, 1.54) is 17.4 Å². The lowest BCUT2D eigenvalue weighted by Crippen LogP contribution is -2.45. The molecule has 0 spiro atoms. The van der Waals surface area contributed by atoms with Crippen molar-refractivity contribution in [2.75, 3.05) is 0 Å². The highest BCUT2D eigenvalue weighted by atomic mass is 19.4. The first kappa shape index (κ1) is 25.7. The van der Waals surface area contributed by atoms with Gasteiger partial charge in [-0.05, 0) is 48.5 Å². The number of ether oxygens (including phenoxy) is 1. The van der Waals surface area contributed by atoms with E-state index in [9.17, 15) is 40.3 Å². The Bertz CT molecular complexity index is 1260. The first-order valence-electron chi connectivity index (χ1n) is 9.53. The number of aliphatic hydroxyl groups excluding tert-OH is 1. The number of halogens is 7. The second kappa shape index (κ2) is 10.1. The normalized spacial score (nSPS) is 13.4. The topological polar surface area (TPSA) is 93.4 Å². The lowest BCUT2D eigenvalue weighted by molar-refractivity contribution is -0.274. The van der Waals surface area contributed by atoms with Crippen molar-refractivity contribution < 1.29 is 45.4 Å². The first-order valence-corrected chi connectivity index (χ1v) is 9.53. The van der Waals surface area contributed by atoms with Crippen LogP contribution in [0.5, 0.6) is 5.75 Å². The van der Waals surface area contributed by atoms with E-state index in [4.69, 9.17) is 5.11 Å². The zero-order valence-corrected chi connectivity index (χ0v) is 17.1. The number of hydrogen-bond donors (Lipinski definition) is 2. The summed E-state index contributed by atoms with van der Waals surface area (Å²) in [5, 5.41) is 14.5. The van der Waals surface area contributed by atoms with E-state index in [2.05, 4.69) is 9.84 Å². The minimum absolute atomic E-state index is 0.0585. The molecule has 0 radical (unpaired) electrons. The molecule has 3 aromatic rings. The highest BCUT2D eigenvalue weighted by molar-refractivity contribution is 5.95. The van der Waals surface area contributed by atoms with Gasteiger partial charge in [0.25, 0.3) is 17.9 Å². The lowest BCUT2D eigenvalue weighted by atomic mass is 10.1. The summed E-state index contributed by atoms with van der Waals surface area (Å²) in [6.45, 7) is 0. The van der Waals surface area contributed by atoms with Gasteiger partial charge >= 0.3 is 6.36 Å². The van der Waals surface area contributed by atoms with Crippen LogP contribution < -0.4 is 15.6 Å². The van der Waals surface area contributed by atoms with Crippen molar-refractivity contribution in [3.8, 4) is 22.7 Å². The van der Waals surface area contributed by atoms with Crippen molar-refractivity contribution in [3.05, 3.63) is 76.3 Å². The van der Waals surface area contributed by atoms with Crippen LogP contribution in [-0.4, -0.2) is 46.0 Å². The number of benzene rings is 2. The van der Waals surface area contributed by atoms with Gasteiger partial charge in [-0.25, -0.2) is 17.6 Å². The van der Waals surface area contributed by atoms with Crippen molar-refractivity contribution in [3.63, 3.8) is 0 Å². The zero-order chi connectivity index (χ0) is 25.9. The van der Waals surface area contributed by atoms with Crippen molar-refractivity contribution in [1.82, 2.24) is 15.1 Å². The summed E-state index contributed by atoms with van der Waals surface area (Å²) in [5.74, 6) is -2.88. The minimum Gasteiger partial charge on any atom is -0.406 e. The molecule has 35 heavy (non-hydrogen) atoms. The molecule has 0 aliphatic heterocycles. The van der Waals surface area contributed by atoms with Crippen LogP contribution in [0.2, 0.25) is 0 Å². The van der Waals surface area contributed by atoms with Crippen molar-refractivity contribution >= 4 is 5.91 Å². The monoisotopic (exact) mass is 505 g/mol. The number of hydrogen-bond acceptors (Lipinski definition) is 5. The molecule has 2 atom stereocenters. The standard InChI is InChI=1S/C21H14F7N3O4/c22-11-2-1-3-12(8-11)31-20(34)14(19(33)29-18(25)16(32)17(23)24)9-15(30-31)10-4-6-13(7-5-10)35-21(26,27)28/h1-9,16-18,32H,(H,29,33)/t16-,18?/m0/s1. The van der Waals surface area contributed by atoms with Crippen LogP contribution in [0, 0.1) is 5.82 Å². The van der Waals surface area contributed by atoms with Gasteiger partial charge in [0, 0.05) is 5.56 Å². The van der Waals surface area contributed by atoms with Gasteiger partial charge in [-0.2, -0.15) is 9.78 Å². The first-order chi connectivity index (χ1) is 16.4. The maximum absolute atomic E-state index is 13.9. The fourth-order valence-electron chi connectivity index (χ4n) is 2.82. The number of carbonyl (C=O) groups is 1.